The van der Waals surface area contributed by atoms with Crippen molar-refractivity contribution in [3.63, 3.8) is 0 Å². The molecule has 9 heteroatoms. The second-order valence-electron chi connectivity index (χ2n) is 6.81. The molecule has 0 saturated carbocycles. The average Bonchev–Trinajstić information content (AvgIpc) is 3.21. The number of ether oxygens (including phenoxy) is 1. The molecule has 1 heterocycles. The third-order valence-electron chi connectivity index (χ3n) is 4.59. The lowest BCUT2D eigenvalue weighted by Crippen LogP contribution is -2.38. The van der Waals surface area contributed by atoms with Crippen LogP contribution >= 0.6 is 0 Å². The summed E-state index contributed by atoms with van der Waals surface area (Å²) in [5, 5.41) is 2.56. The van der Waals surface area contributed by atoms with Crippen LogP contribution in [0.4, 0.5) is 10.5 Å². The van der Waals surface area contributed by atoms with Crippen LogP contribution < -0.4 is 10.0 Å². The van der Waals surface area contributed by atoms with Crippen LogP contribution in [0, 0.1) is 0 Å². The molecule has 2 aromatic rings. The number of anilines is 1. The summed E-state index contributed by atoms with van der Waals surface area (Å²) in [5.41, 5.74) is 1.35. The van der Waals surface area contributed by atoms with E-state index in [1.165, 1.54) is 29.2 Å². The topological polar surface area (TPSA) is 105 Å². The molecule has 2 N–H and O–H groups in total. The lowest BCUT2D eigenvalue weighted by atomic mass is 10.2. The first-order valence-electron chi connectivity index (χ1n) is 9.39. The van der Waals surface area contributed by atoms with Gasteiger partial charge in [-0.3, -0.25) is 4.79 Å². The molecule has 8 nitrogen and oxygen atoms in total. The van der Waals surface area contributed by atoms with E-state index >= 15 is 0 Å². The number of carbonyl (C=O) groups is 2. The van der Waals surface area contributed by atoms with Crippen molar-refractivity contribution in [3.8, 4) is 0 Å². The van der Waals surface area contributed by atoms with Gasteiger partial charge in [0.15, 0.2) is 0 Å². The lowest BCUT2D eigenvalue weighted by Gasteiger charge is -2.17. The molecule has 0 aromatic heterocycles. The van der Waals surface area contributed by atoms with Crippen molar-refractivity contribution in [1.82, 2.24) is 9.62 Å². The maximum atomic E-state index is 12.6. The molecule has 158 valence electrons. The Kier molecular flexibility index (Phi) is 6.86. The molecule has 3 rings (SSSR count). The summed E-state index contributed by atoms with van der Waals surface area (Å²) in [6, 6.07) is 14.7. The highest BCUT2D eigenvalue weighted by Gasteiger charge is 2.30. The van der Waals surface area contributed by atoms with E-state index in [4.69, 9.17) is 4.74 Å². The van der Waals surface area contributed by atoms with Gasteiger partial charge in [0.25, 0.3) is 0 Å². The molecular weight excluding hydrogens is 406 g/mol. The Morgan fingerprint density at radius 3 is 2.50 bits per heavy atom. The van der Waals surface area contributed by atoms with E-state index in [2.05, 4.69) is 16.6 Å². The molecule has 2 aromatic carbocycles. The van der Waals surface area contributed by atoms with Crippen LogP contribution in [0.2, 0.25) is 0 Å². The molecule has 1 aliphatic heterocycles. The van der Waals surface area contributed by atoms with E-state index in [0.29, 0.717) is 18.7 Å². The van der Waals surface area contributed by atoms with E-state index in [-0.39, 0.29) is 24.0 Å². The van der Waals surface area contributed by atoms with Gasteiger partial charge in [0.2, 0.25) is 15.9 Å². The molecule has 2 amide bonds. The van der Waals surface area contributed by atoms with E-state index < -0.39 is 22.2 Å². The number of benzene rings is 2. The minimum absolute atomic E-state index is 0.0733. The van der Waals surface area contributed by atoms with Gasteiger partial charge in [-0.25, -0.2) is 17.9 Å². The van der Waals surface area contributed by atoms with Crippen LogP contribution in [0.25, 0.3) is 0 Å². The van der Waals surface area contributed by atoms with Gasteiger partial charge in [-0.05, 0) is 42.3 Å². The summed E-state index contributed by atoms with van der Waals surface area (Å²) in [4.78, 5) is 25.1. The Hall–Kier alpha value is -3.17. The van der Waals surface area contributed by atoms with Gasteiger partial charge in [0.1, 0.15) is 6.61 Å². The molecule has 0 radical (unpaired) electrons. The van der Waals surface area contributed by atoms with Crippen molar-refractivity contribution in [2.75, 3.05) is 18.4 Å². The quantitative estimate of drug-likeness (QED) is 0.658. The van der Waals surface area contributed by atoms with E-state index in [0.717, 1.165) is 11.6 Å². The van der Waals surface area contributed by atoms with Crippen molar-refractivity contribution in [2.24, 2.45) is 0 Å². The number of likely N-dealkylation sites (tertiary alicyclic amines) is 1. The smallest absolute Gasteiger partial charge is 0.410 e. The number of hydrogen-bond acceptors (Lipinski definition) is 5. The summed E-state index contributed by atoms with van der Waals surface area (Å²) in [5.74, 6) is -0.381. The zero-order chi connectivity index (χ0) is 21.6. The summed E-state index contributed by atoms with van der Waals surface area (Å²) in [6.45, 7) is 4.18. The third-order valence-corrected chi connectivity index (χ3v) is 6.13. The minimum atomic E-state index is -3.76. The standard InChI is InChI=1S/C21H23N3O5S/c1-2-20(25)22-17-8-10-19(11-9-17)30(27,28)23-18-12-13-24(14-18)21(26)29-15-16-6-4-3-5-7-16/h2-11,18,23H,1,12-15H2,(H,22,25)/t18-/m1/s1. The van der Waals surface area contributed by atoms with E-state index in [9.17, 15) is 18.0 Å². The summed E-state index contributed by atoms with van der Waals surface area (Å²) in [6.07, 6.45) is 1.15. The van der Waals surface area contributed by atoms with Crippen LogP contribution in [0.3, 0.4) is 0 Å². The molecule has 30 heavy (non-hydrogen) atoms. The van der Waals surface area contributed by atoms with Crippen LogP contribution in [0.5, 0.6) is 0 Å². The third kappa shape index (κ3) is 5.68. The van der Waals surface area contributed by atoms with Crippen molar-refractivity contribution < 1.29 is 22.7 Å². The monoisotopic (exact) mass is 429 g/mol. The van der Waals surface area contributed by atoms with Gasteiger partial charge in [-0.1, -0.05) is 36.9 Å². The predicted molar refractivity (Wildman–Crippen MR) is 112 cm³/mol. The Bertz CT molecular complexity index is 1010. The highest BCUT2D eigenvalue weighted by molar-refractivity contribution is 7.89. The Balaban J connectivity index is 1.53. The fourth-order valence-electron chi connectivity index (χ4n) is 3.03. The predicted octanol–water partition coefficient (Wildman–Crippen LogP) is 2.50. The highest BCUT2D eigenvalue weighted by Crippen LogP contribution is 2.18. The minimum Gasteiger partial charge on any atom is -0.445 e. The Morgan fingerprint density at radius 2 is 1.83 bits per heavy atom. The normalized spacial score (nSPS) is 16.1. The fraction of sp³-hybridized carbons (Fsp3) is 0.238. The lowest BCUT2D eigenvalue weighted by molar-refractivity contribution is -0.111. The van der Waals surface area contributed by atoms with Crippen LogP contribution in [0.1, 0.15) is 12.0 Å². The van der Waals surface area contributed by atoms with Gasteiger partial charge < -0.3 is 15.0 Å². The molecule has 1 aliphatic rings. The number of nitrogens with one attached hydrogen (secondary N) is 2. The molecule has 1 fully saturated rings. The molecule has 0 spiro atoms. The van der Waals surface area contributed by atoms with Gasteiger partial charge in [0, 0.05) is 24.8 Å². The van der Waals surface area contributed by atoms with Gasteiger partial charge in [0.05, 0.1) is 4.90 Å². The van der Waals surface area contributed by atoms with Crippen molar-refractivity contribution in [3.05, 3.63) is 72.8 Å². The Labute approximate surface area is 175 Å². The number of nitrogens with zero attached hydrogens (tertiary/aromatic N) is 1. The first-order valence-corrected chi connectivity index (χ1v) is 10.9. The largest absolute Gasteiger partial charge is 0.445 e. The van der Waals surface area contributed by atoms with Crippen LogP contribution in [0.15, 0.2) is 72.1 Å². The molecule has 0 aliphatic carbocycles. The summed E-state index contributed by atoms with van der Waals surface area (Å²) >= 11 is 0. The maximum absolute atomic E-state index is 12.6. The van der Waals surface area contributed by atoms with E-state index in [1.807, 2.05) is 30.3 Å². The van der Waals surface area contributed by atoms with Crippen molar-refractivity contribution in [2.45, 2.75) is 24.0 Å². The molecule has 0 unspecified atom stereocenters. The van der Waals surface area contributed by atoms with Crippen LogP contribution in [-0.4, -0.2) is 44.4 Å². The second-order valence-corrected chi connectivity index (χ2v) is 8.52. The van der Waals surface area contributed by atoms with Crippen LogP contribution in [-0.2, 0) is 26.2 Å². The zero-order valence-electron chi connectivity index (χ0n) is 16.3. The van der Waals surface area contributed by atoms with Gasteiger partial charge >= 0.3 is 6.09 Å². The summed E-state index contributed by atoms with van der Waals surface area (Å²) in [7, 11) is -3.76. The van der Waals surface area contributed by atoms with Crippen molar-refractivity contribution >= 4 is 27.7 Å². The first kappa shape index (κ1) is 21.5. The molecular formula is C21H23N3O5S. The zero-order valence-corrected chi connectivity index (χ0v) is 17.1. The summed E-state index contributed by atoms with van der Waals surface area (Å²) < 4.78 is 33.1. The van der Waals surface area contributed by atoms with Gasteiger partial charge in [-0.2, -0.15) is 0 Å². The number of carbonyl (C=O) groups excluding carboxylic acids is 2. The highest BCUT2D eigenvalue weighted by atomic mass is 32.2. The number of sulfonamides is 1. The van der Waals surface area contributed by atoms with Crippen molar-refractivity contribution in [1.29, 1.82) is 0 Å². The second kappa shape index (κ2) is 9.55. The maximum Gasteiger partial charge on any atom is 0.410 e. The SMILES string of the molecule is C=CC(=O)Nc1ccc(S(=O)(=O)N[C@@H]2CCN(C(=O)OCc3ccccc3)C2)cc1. The van der Waals surface area contributed by atoms with E-state index in [1.54, 1.807) is 0 Å². The molecule has 1 atom stereocenters. The molecule has 1 saturated heterocycles. The number of rotatable bonds is 7. The molecule has 0 bridgehead atoms. The number of hydrogen-bond donors (Lipinski definition) is 2. The Morgan fingerprint density at radius 1 is 1.13 bits per heavy atom. The average molecular weight is 429 g/mol. The van der Waals surface area contributed by atoms with Gasteiger partial charge in [-0.15, -0.1) is 0 Å². The first-order chi connectivity index (χ1) is 14.4. The fourth-order valence-corrected chi connectivity index (χ4v) is 4.29. The number of amides is 2.